The second-order valence-corrected chi connectivity index (χ2v) is 3.43. The predicted octanol–water partition coefficient (Wildman–Crippen LogP) is 1.55. The molecule has 4 nitrogen and oxygen atoms in total. The van der Waals surface area contributed by atoms with E-state index in [1.807, 2.05) is 25.1 Å². The second-order valence-electron chi connectivity index (χ2n) is 3.43. The molecule has 1 aromatic heterocycles. The minimum Gasteiger partial charge on any atom is -0.481 e. The first-order valence-electron chi connectivity index (χ1n) is 5.05. The third kappa shape index (κ3) is 3.73. The largest absolute Gasteiger partial charge is 0.481 e. The smallest absolute Gasteiger partial charge is 0.217 e. The summed E-state index contributed by atoms with van der Waals surface area (Å²) in [6.07, 6.45) is 5.52. The first kappa shape index (κ1) is 12.2. The summed E-state index contributed by atoms with van der Waals surface area (Å²) in [6, 6.07) is 1.98. The molecule has 0 aliphatic heterocycles. The minimum atomic E-state index is -0.0336. The van der Waals surface area contributed by atoms with Crippen molar-refractivity contribution in [3.63, 3.8) is 0 Å². The van der Waals surface area contributed by atoms with Crippen molar-refractivity contribution >= 4 is 12.0 Å². The van der Waals surface area contributed by atoms with Gasteiger partial charge in [0.25, 0.3) is 0 Å². The van der Waals surface area contributed by atoms with E-state index < -0.39 is 0 Å². The number of carbonyl (C=O) groups excluding carboxylic acids is 1. The van der Waals surface area contributed by atoms with E-state index in [0.29, 0.717) is 12.4 Å². The number of hydrogen-bond acceptors (Lipinski definition) is 3. The van der Waals surface area contributed by atoms with E-state index in [2.05, 4.69) is 10.3 Å². The van der Waals surface area contributed by atoms with Crippen LogP contribution in [0.25, 0.3) is 6.08 Å². The summed E-state index contributed by atoms with van der Waals surface area (Å²) in [5, 5.41) is 2.68. The zero-order valence-electron chi connectivity index (χ0n) is 9.78. The normalized spacial score (nSPS) is 10.4. The number of rotatable bonds is 4. The van der Waals surface area contributed by atoms with Crippen molar-refractivity contribution < 1.29 is 9.53 Å². The summed E-state index contributed by atoms with van der Waals surface area (Å²) >= 11 is 0. The summed E-state index contributed by atoms with van der Waals surface area (Å²) < 4.78 is 5.06. The molecular formula is C12H16N2O2. The lowest BCUT2D eigenvalue weighted by atomic mass is 10.2. The number of nitrogens with one attached hydrogen (secondary N) is 1. The van der Waals surface area contributed by atoms with Crippen LogP contribution in [0.3, 0.4) is 0 Å². The molecule has 0 atom stereocenters. The van der Waals surface area contributed by atoms with Crippen LogP contribution in [0.5, 0.6) is 5.88 Å². The third-order valence-corrected chi connectivity index (χ3v) is 2.02. The number of aryl methyl sites for hydroxylation is 1. The van der Waals surface area contributed by atoms with Gasteiger partial charge in [-0.3, -0.25) is 4.79 Å². The Morgan fingerprint density at radius 1 is 1.62 bits per heavy atom. The van der Waals surface area contributed by atoms with Crippen LogP contribution in [0.15, 0.2) is 18.3 Å². The lowest BCUT2D eigenvalue weighted by Crippen LogP contribution is -2.19. The number of carbonyl (C=O) groups is 1. The molecular weight excluding hydrogens is 204 g/mol. The van der Waals surface area contributed by atoms with Crippen molar-refractivity contribution in [2.75, 3.05) is 13.7 Å². The Kier molecular flexibility index (Phi) is 4.51. The Morgan fingerprint density at radius 3 is 2.94 bits per heavy atom. The highest BCUT2D eigenvalue weighted by Crippen LogP contribution is 2.15. The van der Waals surface area contributed by atoms with E-state index in [9.17, 15) is 4.79 Å². The lowest BCUT2D eigenvalue weighted by molar-refractivity contribution is -0.118. The average Bonchev–Trinajstić information content (AvgIpc) is 2.24. The molecule has 0 aromatic carbocycles. The fourth-order valence-corrected chi connectivity index (χ4v) is 1.29. The quantitative estimate of drug-likeness (QED) is 0.837. The van der Waals surface area contributed by atoms with Crippen LogP contribution in [0.1, 0.15) is 18.1 Å². The van der Waals surface area contributed by atoms with E-state index in [0.717, 1.165) is 11.1 Å². The standard InChI is InChI=1S/C12H16N2O2/c1-9-7-11(8-14-12(9)16-3)5-4-6-13-10(2)15/h4-5,7-8H,6H2,1-3H3,(H,13,15). The van der Waals surface area contributed by atoms with E-state index in [1.165, 1.54) is 6.92 Å². The molecule has 4 heteroatoms. The number of methoxy groups -OCH3 is 1. The molecule has 0 fully saturated rings. The van der Waals surface area contributed by atoms with Crippen molar-refractivity contribution in [2.24, 2.45) is 0 Å². The maximum atomic E-state index is 10.6. The molecule has 1 heterocycles. The van der Waals surface area contributed by atoms with E-state index in [1.54, 1.807) is 13.3 Å². The number of aromatic nitrogens is 1. The third-order valence-electron chi connectivity index (χ3n) is 2.02. The van der Waals surface area contributed by atoms with Gasteiger partial charge in [-0.15, -0.1) is 0 Å². The van der Waals surface area contributed by atoms with Crippen LogP contribution in [0.2, 0.25) is 0 Å². The van der Waals surface area contributed by atoms with Crippen LogP contribution in [0, 0.1) is 6.92 Å². The van der Waals surface area contributed by atoms with E-state index in [-0.39, 0.29) is 5.91 Å². The van der Waals surface area contributed by atoms with Gasteiger partial charge in [0.15, 0.2) is 0 Å². The van der Waals surface area contributed by atoms with Gasteiger partial charge in [-0.25, -0.2) is 4.98 Å². The number of nitrogens with zero attached hydrogens (tertiary/aromatic N) is 1. The molecule has 1 N–H and O–H groups in total. The van der Waals surface area contributed by atoms with Gasteiger partial charge in [-0.05, 0) is 18.6 Å². The molecule has 0 aliphatic rings. The first-order valence-corrected chi connectivity index (χ1v) is 5.05. The van der Waals surface area contributed by atoms with Crippen LogP contribution in [0.4, 0.5) is 0 Å². The van der Waals surface area contributed by atoms with Gasteiger partial charge in [0.05, 0.1) is 7.11 Å². The highest BCUT2D eigenvalue weighted by molar-refractivity contribution is 5.73. The summed E-state index contributed by atoms with van der Waals surface area (Å²) in [4.78, 5) is 14.8. The molecule has 0 bridgehead atoms. The molecule has 1 rings (SSSR count). The molecule has 0 saturated heterocycles. The molecule has 0 unspecified atom stereocenters. The zero-order valence-corrected chi connectivity index (χ0v) is 9.78. The van der Waals surface area contributed by atoms with Crippen molar-refractivity contribution in [2.45, 2.75) is 13.8 Å². The monoisotopic (exact) mass is 220 g/mol. The fraction of sp³-hybridized carbons (Fsp3) is 0.333. The molecule has 0 spiro atoms. The van der Waals surface area contributed by atoms with Crippen LogP contribution in [-0.4, -0.2) is 24.5 Å². The molecule has 16 heavy (non-hydrogen) atoms. The molecule has 86 valence electrons. The number of hydrogen-bond donors (Lipinski definition) is 1. The second kappa shape index (κ2) is 5.90. The highest BCUT2D eigenvalue weighted by Gasteiger charge is 1.98. The molecule has 0 aliphatic carbocycles. The van der Waals surface area contributed by atoms with Crippen molar-refractivity contribution in [1.82, 2.24) is 10.3 Å². The average molecular weight is 220 g/mol. The maximum absolute atomic E-state index is 10.6. The van der Waals surface area contributed by atoms with Crippen LogP contribution in [-0.2, 0) is 4.79 Å². The number of ether oxygens (including phenoxy) is 1. The Bertz CT molecular complexity index is 400. The Hall–Kier alpha value is -1.84. The zero-order chi connectivity index (χ0) is 12.0. The van der Waals surface area contributed by atoms with Gasteiger partial charge in [0.2, 0.25) is 11.8 Å². The van der Waals surface area contributed by atoms with Gasteiger partial charge in [0.1, 0.15) is 0 Å². The molecule has 0 saturated carbocycles. The number of pyridine rings is 1. The van der Waals surface area contributed by atoms with Gasteiger partial charge < -0.3 is 10.1 Å². The lowest BCUT2D eigenvalue weighted by Gasteiger charge is -2.03. The van der Waals surface area contributed by atoms with Gasteiger partial charge in [0, 0.05) is 25.2 Å². The fourth-order valence-electron chi connectivity index (χ4n) is 1.29. The maximum Gasteiger partial charge on any atom is 0.217 e. The molecule has 1 amide bonds. The van der Waals surface area contributed by atoms with Gasteiger partial charge in [-0.2, -0.15) is 0 Å². The summed E-state index contributed by atoms with van der Waals surface area (Å²) in [5.74, 6) is 0.604. The highest BCUT2D eigenvalue weighted by atomic mass is 16.5. The van der Waals surface area contributed by atoms with E-state index in [4.69, 9.17) is 4.74 Å². The van der Waals surface area contributed by atoms with Crippen LogP contribution >= 0.6 is 0 Å². The predicted molar refractivity (Wildman–Crippen MR) is 63.2 cm³/mol. The summed E-state index contributed by atoms with van der Waals surface area (Å²) in [6.45, 7) is 3.96. The SMILES string of the molecule is COc1ncc(C=CCNC(C)=O)cc1C. The van der Waals surface area contributed by atoms with Crippen molar-refractivity contribution in [3.8, 4) is 5.88 Å². The number of amides is 1. The van der Waals surface area contributed by atoms with Gasteiger partial charge >= 0.3 is 0 Å². The van der Waals surface area contributed by atoms with Crippen LogP contribution < -0.4 is 10.1 Å². The van der Waals surface area contributed by atoms with Gasteiger partial charge in [-0.1, -0.05) is 12.2 Å². The van der Waals surface area contributed by atoms with Crippen molar-refractivity contribution in [3.05, 3.63) is 29.5 Å². The Balaban J connectivity index is 2.61. The first-order chi connectivity index (χ1) is 7.63. The summed E-state index contributed by atoms with van der Waals surface area (Å²) in [5.41, 5.74) is 1.98. The minimum absolute atomic E-state index is 0.0336. The topological polar surface area (TPSA) is 51.2 Å². The Morgan fingerprint density at radius 2 is 2.38 bits per heavy atom. The Labute approximate surface area is 95.3 Å². The summed E-state index contributed by atoms with van der Waals surface area (Å²) in [7, 11) is 1.60. The van der Waals surface area contributed by atoms with Crippen molar-refractivity contribution in [1.29, 1.82) is 0 Å². The molecule has 0 radical (unpaired) electrons. The molecule has 1 aromatic rings. The van der Waals surface area contributed by atoms with E-state index >= 15 is 0 Å².